The zero-order chi connectivity index (χ0) is 9.26. The van der Waals surface area contributed by atoms with Gasteiger partial charge in [0.05, 0.1) is 13.0 Å². The zero-order valence-electron chi connectivity index (χ0n) is 7.00. The molecule has 0 bridgehead atoms. The van der Waals surface area contributed by atoms with Crippen molar-refractivity contribution >= 4 is 21.9 Å². The number of hydrogen-bond acceptors (Lipinski definition) is 2. The molecule has 0 unspecified atom stereocenters. The predicted molar refractivity (Wildman–Crippen MR) is 52.5 cm³/mol. The van der Waals surface area contributed by atoms with Gasteiger partial charge in [-0.2, -0.15) is 0 Å². The van der Waals surface area contributed by atoms with Gasteiger partial charge in [0.2, 0.25) is 0 Å². The van der Waals surface area contributed by atoms with E-state index < -0.39 is 0 Å². The van der Waals surface area contributed by atoms with Gasteiger partial charge in [0.15, 0.2) is 0 Å². The SMILES string of the molecule is O=C1C[C@H](c2cccc(Br)c2)CO1. The van der Waals surface area contributed by atoms with E-state index in [0.717, 1.165) is 4.47 Å². The first-order chi connectivity index (χ1) is 6.25. The molecule has 0 N–H and O–H groups in total. The molecule has 0 aromatic heterocycles. The van der Waals surface area contributed by atoms with Crippen LogP contribution in [0.3, 0.4) is 0 Å². The molecule has 0 radical (unpaired) electrons. The van der Waals surface area contributed by atoms with Gasteiger partial charge in [-0.15, -0.1) is 0 Å². The van der Waals surface area contributed by atoms with Crippen LogP contribution < -0.4 is 0 Å². The molecule has 1 heterocycles. The molecule has 1 aliphatic rings. The first-order valence-electron chi connectivity index (χ1n) is 4.17. The highest BCUT2D eigenvalue weighted by Crippen LogP contribution is 2.27. The Kier molecular flexibility index (Phi) is 2.36. The van der Waals surface area contributed by atoms with Gasteiger partial charge in [0.1, 0.15) is 0 Å². The summed E-state index contributed by atoms with van der Waals surface area (Å²) in [7, 11) is 0. The number of halogens is 1. The van der Waals surface area contributed by atoms with Crippen molar-refractivity contribution in [2.75, 3.05) is 6.61 Å². The van der Waals surface area contributed by atoms with Crippen LogP contribution in [-0.2, 0) is 9.53 Å². The summed E-state index contributed by atoms with van der Waals surface area (Å²) in [5, 5.41) is 0. The average molecular weight is 241 g/mol. The molecule has 0 saturated carbocycles. The van der Waals surface area contributed by atoms with Crippen molar-refractivity contribution in [1.82, 2.24) is 0 Å². The Morgan fingerprint density at radius 3 is 2.92 bits per heavy atom. The first-order valence-corrected chi connectivity index (χ1v) is 4.96. The van der Waals surface area contributed by atoms with Crippen LogP contribution in [0.5, 0.6) is 0 Å². The second kappa shape index (κ2) is 3.50. The molecule has 13 heavy (non-hydrogen) atoms. The minimum atomic E-state index is -0.0926. The summed E-state index contributed by atoms with van der Waals surface area (Å²) in [4.78, 5) is 10.9. The van der Waals surface area contributed by atoms with E-state index >= 15 is 0 Å². The number of rotatable bonds is 1. The van der Waals surface area contributed by atoms with E-state index in [1.54, 1.807) is 0 Å². The van der Waals surface area contributed by atoms with Crippen LogP contribution in [-0.4, -0.2) is 12.6 Å². The highest BCUT2D eigenvalue weighted by atomic mass is 79.9. The lowest BCUT2D eigenvalue weighted by molar-refractivity contribution is -0.137. The molecule has 0 aliphatic carbocycles. The van der Waals surface area contributed by atoms with Crippen molar-refractivity contribution in [3.8, 4) is 0 Å². The second-order valence-electron chi connectivity index (χ2n) is 3.14. The molecule has 68 valence electrons. The van der Waals surface area contributed by atoms with Gasteiger partial charge in [-0.1, -0.05) is 28.1 Å². The number of ether oxygens (including phenoxy) is 1. The molecule has 1 saturated heterocycles. The number of esters is 1. The summed E-state index contributed by atoms with van der Waals surface area (Å²) in [6.45, 7) is 0.523. The molecule has 1 aromatic rings. The highest BCUT2D eigenvalue weighted by Gasteiger charge is 2.24. The van der Waals surface area contributed by atoms with Crippen molar-refractivity contribution in [3.63, 3.8) is 0 Å². The van der Waals surface area contributed by atoms with Gasteiger partial charge in [0.25, 0.3) is 0 Å². The Bertz CT molecular complexity index is 335. The Labute approximate surface area is 85.0 Å². The Morgan fingerprint density at radius 2 is 2.31 bits per heavy atom. The number of benzene rings is 1. The summed E-state index contributed by atoms with van der Waals surface area (Å²) >= 11 is 3.40. The zero-order valence-corrected chi connectivity index (χ0v) is 8.58. The van der Waals surface area contributed by atoms with Crippen LogP contribution in [0.2, 0.25) is 0 Å². The Morgan fingerprint density at radius 1 is 1.46 bits per heavy atom. The smallest absolute Gasteiger partial charge is 0.306 e. The summed E-state index contributed by atoms with van der Waals surface area (Å²) in [5.74, 6) is 0.148. The van der Waals surface area contributed by atoms with Crippen LogP contribution in [0, 0.1) is 0 Å². The fraction of sp³-hybridized carbons (Fsp3) is 0.300. The molecule has 2 nitrogen and oxygen atoms in total. The van der Waals surface area contributed by atoms with Crippen LogP contribution >= 0.6 is 15.9 Å². The fourth-order valence-corrected chi connectivity index (χ4v) is 1.90. The van der Waals surface area contributed by atoms with Gasteiger partial charge in [-0.25, -0.2) is 0 Å². The lowest BCUT2D eigenvalue weighted by Crippen LogP contribution is -1.96. The quantitative estimate of drug-likeness (QED) is 0.706. The van der Waals surface area contributed by atoms with Crippen LogP contribution in [0.25, 0.3) is 0 Å². The van der Waals surface area contributed by atoms with Crippen molar-refractivity contribution in [1.29, 1.82) is 0 Å². The summed E-state index contributed by atoms with van der Waals surface area (Å²) in [6.07, 6.45) is 0.510. The maximum absolute atomic E-state index is 10.9. The van der Waals surface area contributed by atoms with Gasteiger partial charge in [-0.05, 0) is 17.7 Å². The topological polar surface area (TPSA) is 26.3 Å². The molecule has 3 heteroatoms. The summed E-state index contributed by atoms with van der Waals surface area (Å²) in [6, 6.07) is 8.01. The lowest BCUT2D eigenvalue weighted by Gasteiger charge is -2.05. The largest absolute Gasteiger partial charge is 0.465 e. The summed E-state index contributed by atoms with van der Waals surface area (Å²) < 4.78 is 5.95. The fourth-order valence-electron chi connectivity index (χ4n) is 1.49. The van der Waals surface area contributed by atoms with Gasteiger partial charge >= 0.3 is 5.97 Å². The maximum Gasteiger partial charge on any atom is 0.306 e. The van der Waals surface area contributed by atoms with Crippen molar-refractivity contribution < 1.29 is 9.53 Å². The molecule has 1 atom stereocenters. The molecule has 0 spiro atoms. The third-order valence-corrected chi connectivity index (χ3v) is 2.67. The highest BCUT2D eigenvalue weighted by molar-refractivity contribution is 9.10. The third-order valence-electron chi connectivity index (χ3n) is 2.18. The van der Waals surface area contributed by atoms with E-state index in [9.17, 15) is 4.79 Å². The van der Waals surface area contributed by atoms with Crippen LogP contribution in [0.4, 0.5) is 0 Å². The molecular formula is C10H9BrO2. The second-order valence-corrected chi connectivity index (χ2v) is 4.05. The minimum Gasteiger partial charge on any atom is -0.465 e. The van der Waals surface area contributed by atoms with Crippen LogP contribution in [0.1, 0.15) is 17.9 Å². The van der Waals surface area contributed by atoms with Gasteiger partial charge < -0.3 is 4.74 Å². The normalized spacial score (nSPS) is 21.6. The van der Waals surface area contributed by atoms with E-state index in [1.165, 1.54) is 5.56 Å². The molecule has 1 aromatic carbocycles. The Balaban J connectivity index is 2.21. The third kappa shape index (κ3) is 1.91. The van der Waals surface area contributed by atoms with E-state index in [4.69, 9.17) is 4.74 Å². The van der Waals surface area contributed by atoms with E-state index in [0.29, 0.717) is 13.0 Å². The Hall–Kier alpha value is -0.830. The van der Waals surface area contributed by atoms with Crippen molar-refractivity contribution in [2.24, 2.45) is 0 Å². The number of carbonyl (C=O) groups is 1. The predicted octanol–water partition coefficient (Wildman–Crippen LogP) is 2.48. The molecular weight excluding hydrogens is 232 g/mol. The number of cyclic esters (lactones) is 1. The average Bonchev–Trinajstić information content (AvgIpc) is 2.52. The molecule has 1 fully saturated rings. The number of carbonyl (C=O) groups excluding carboxylic acids is 1. The summed E-state index contributed by atoms with van der Waals surface area (Å²) in [5.41, 5.74) is 1.17. The van der Waals surface area contributed by atoms with Crippen molar-refractivity contribution in [3.05, 3.63) is 34.3 Å². The lowest BCUT2D eigenvalue weighted by atomic mass is 9.99. The molecule has 1 aliphatic heterocycles. The van der Waals surface area contributed by atoms with E-state index in [-0.39, 0.29) is 11.9 Å². The van der Waals surface area contributed by atoms with E-state index in [2.05, 4.69) is 15.9 Å². The van der Waals surface area contributed by atoms with Gasteiger partial charge in [0, 0.05) is 10.4 Å². The van der Waals surface area contributed by atoms with Gasteiger partial charge in [-0.3, -0.25) is 4.79 Å². The molecule has 0 amide bonds. The standard InChI is InChI=1S/C10H9BrO2/c11-9-3-1-2-7(4-9)8-5-10(12)13-6-8/h1-4,8H,5-6H2/t8-/m0/s1. The van der Waals surface area contributed by atoms with Crippen LogP contribution in [0.15, 0.2) is 28.7 Å². The first kappa shape index (κ1) is 8.75. The number of hydrogen-bond donors (Lipinski definition) is 0. The van der Waals surface area contributed by atoms with Crippen molar-refractivity contribution in [2.45, 2.75) is 12.3 Å². The monoisotopic (exact) mass is 240 g/mol. The minimum absolute atomic E-state index is 0.0926. The maximum atomic E-state index is 10.9. The van der Waals surface area contributed by atoms with E-state index in [1.807, 2.05) is 24.3 Å². The molecule has 2 rings (SSSR count).